The number of rotatable bonds is 3. The minimum Gasteiger partial charge on any atom is -0.497 e. The lowest BCUT2D eigenvalue weighted by Crippen LogP contribution is -2.48. The molecule has 0 unspecified atom stereocenters. The van der Waals surface area contributed by atoms with Crippen LogP contribution < -0.4 is 10.1 Å². The summed E-state index contributed by atoms with van der Waals surface area (Å²) in [4.78, 5) is 15.1. The molecule has 2 atom stereocenters. The zero-order valence-electron chi connectivity index (χ0n) is 13.8. The summed E-state index contributed by atoms with van der Waals surface area (Å²) in [6.07, 6.45) is 2.06. The molecule has 1 amide bonds. The van der Waals surface area contributed by atoms with Crippen molar-refractivity contribution in [1.82, 2.24) is 10.2 Å². The molecule has 2 aliphatic heterocycles. The van der Waals surface area contributed by atoms with Crippen LogP contribution in [0.1, 0.15) is 38.2 Å². The molecule has 1 aromatic carbocycles. The first-order chi connectivity index (χ1) is 10.6. The first kappa shape index (κ1) is 15.3. The summed E-state index contributed by atoms with van der Waals surface area (Å²) in [7, 11) is 1.68. The van der Waals surface area contributed by atoms with Gasteiger partial charge in [0.15, 0.2) is 0 Å². The number of amides is 1. The van der Waals surface area contributed by atoms with Crippen LogP contribution in [-0.4, -0.2) is 43.6 Å². The molecule has 0 aromatic heterocycles. The number of carbonyl (C=O) groups is 1. The summed E-state index contributed by atoms with van der Waals surface area (Å²) in [5.74, 6) is 1.46. The Labute approximate surface area is 132 Å². The maximum Gasteiger partial charge on any atom is 0.231 e. The van der Waals surface area contributed by atoms with Gasteiger partial charge in [0.1, 0.15) is 5.75 Å². The van der Waals surface area contributed by atoms with Gasteiger partial charge in [-0.15, -0.1) is 0 Å². The van der Waals surface area contributed by atoms with E-state index in [-0.39, 0.29) is 17.4 Å². The lowest BCUT2D eigenvalue weighted by atomic mass is 9.69. The highest BCUT2D eigenvalue weighted by Crippen LogP contribution is 2.48. The molecule has 4 nitrogen and oxygen atoms in total. The van der Waals surface area contributed by atoms with Gasteiger partial charge < -0.3 is 15.0 Å². The van der Waals surface area contributed by atoms with Gasteiger partial charge in [0.05, 0.1) is 12.5 Å². The second-order valence-corrected chi connectivity index (χ2v) is 6.81. The molecule has 3 rings (SSSR count). The summed E-state index contributed by atoms with van der Waals surface area (Å²) in [5.41, 5.74) is 0.984. The Balaban J connectivity index is 1.97. The van der Waals surface area contributed by atoms with E-state index < -0.39 is 0 Å². The number of hydrogen-bond acceptors (Lipinski definition) is 3. The first-order valence-electron chi connectivity index (χ1n) is 8.24. The predicted octanol–water partition coefficient (Wildman–Crippen LogP) is 2.40. The topological polar surface area (TPSA) is 41.6 Å². The van der Waals surface area contributed by atoms with Crippen LogP contribution in [0.15, 0.2) is 24.3 Å². The van der Waals surface area contributed by atoms with Gasteiger partial charge in [-0.3, -0.25) is 4.79 Å². The summed E-state index contributed by atoms with van der Waals surface area (Å²) in [5, 5.41) is 3.46. The van der Waals surface area contributed by atoms with Gasteiger partial charge >= 0.3 is 0 Å². The number of hydrogen-bond donors (Lipinski definition) is 1. The second kappa shape index (κ2) is 5.92. The Bertz CT molecular complexity index is 533. The van der Waals surface area contributed by atoms with E-state index in [4.69, 9.17) is 4.74 Å². The van der Waals surface area contributed by atoms with E-state index in [1.165, 1.54) is 5.56 Å². The van der Waals surface area contributed by atoms with Crippen LogP contribution in [0.2, 0.25) is 0 Å². The third-order valence-corrected chi connectivity index (χ3v) is 5.29. The van der Waals surface area contributed by atoms with E-state index in [1.54, 1.807) is 7.11 Å². The van der Waals surface area contributed by atoms with E-state index in [2.05, 4.69) is 36.2 Å². The molecule has 22 heavy (non-hydrogen) atoms. The minimum absolute atomic E-state index is 0.259. The van der Waals surface area contributed by atoms with Crippen molar-refractivity contribution in [3.05, 3.63) is 29.8 Å². The van der Waals surface area contributed by atoms with Crippen LogP contribution in [0, 0.1) is 5.41 Å². The maximum atomic E-state index is 13.1. The van der Waals surface area contributed by atoms with Gasteiger partial charge in [0, 0.05) is 25.0 Å². The number of benzene rings is 1. The van der Waals surface area contributed by atoms with Crippen molar-refractivity contribution in [1.29, 1.82) is 0 Å². The fraction of sp³-hybridized carbons (Fsp3) is 0.611. The molecule has 2 fully saturated rings. The van der Waals surface area contributed by atoms with E-state index >= 15 is 0 Å². The van der Waals surface area contributed by atoms with E-state index in [9.17, 15) is 4.79 Å². The monoisotopic (exact) mass is 302 g/mol. The Morgan fingerprint density at radius 2 is 2.05 bits per heavy atom. The zero-order valence-corrected chi connectivity index (χ0v) is 13.8. The average Bonchev–Trinajstić information content (AvgIpc) is 2.82. The standard InChI is InChI=1S/C18H26N2O2/c1-13(2)20-11-16(14-5-7-15(22-3)8-6-14)18(17(20)21)9-4-10-19-12-18/h5-8,13,16,19H,4,9-12H2,1-3H3/t16-,18+/m1/s1. The number of ether oxygens (including phenoxy) is 1. The molecular formula is C18H26N2O2. The summed E-state index contributed by atoms with van der Waals surface area (Å²) >= 11 is 0. The second-order valence-electron chi connectivity index (χ2n) is 6.81. The number of methoxy groups -OCH3 is 1. The summed E-state index contributed by atoms with van der Waals surface area (Å²) in [6, 6.07) is 8.51. The van der Waals surface area contributed by atoms with Gasteiger partial charge in [0.25, 0.3) is 0 Å². The molecule has 0 bridgehead atoms. The fourth-order valence-electron chi connectivity index (χ4n) is 4.00. The van der Waals surface area contributed by atoms with Gasteiger partial charge in [-0.25, -0.2) is 0 Å². The zero-order chi connectivity index (χ0) is 15.7. The van der Waals surface area contributed by atoms with Gasteiger partial charge in [-0.05, 0) is 50.9 Å². The normalized spacial score (nSPS) is 28.6. The van der Waals surface area contributed by atoms with Gasteiger partial charge in [-0.2, -0.15) is 0 Å². The highest BCUT2D eigenvalue weighted by Gasteiger charge is 2.54. The largest absolute Gasteiger partial charge is 0.497 e. The molecule has 0 saturated carbocycles. The SMILES string of the molecule is COc1ccc([C@H]2CN(C(C)C)C(=O)[C@]23CCCNC3)cc1. The van der Waals surface area contributed by atoms with Crippen molar-refractivity contribution < 1.29 is 9.53 Å². The van der Waals surface area contributed by atoms with Crippen molar-refractivity contribution in [2.24, 2.45) is 5.41 Å². The highest BCUT2D eigenvalue weighted by atomic mass is 16.5. The number of carbonyl (C=O) groups excluding carboxylic acids is 1. The van der Waals surface area contributed by atoms with E-state index in [1.807, 2.05) is 12.1 Å². The Kier molecular flexibility index (Phi) is 4.13. The van der Waals surface area contributed by atoms with Crippen molar-refractivity contribution in [3.8, 4) is 5.75 Å². The number of nitrogens with one attached hydrogen (secondary N) is 1. The predicted molar refractivity (Wildman–Crippen MR) is 87.1 cm³/mol. The van der Waals surface area contributed by atoms with Crippen LogP contribution in [0.25, 0.3) is 0 Å². The number of likely N-dealkylation sites (tertiary alicyclic amines) is 1. The van der Waals surface area contributed by atoms with Crippen LogP contribution in [0.4, 0.5) is 0 Å². The molecule has 1 N–H and O–H groups in total. The molecule has 4 heteroatoms. The molecule has 0 radical (unpaired) electrons. The average molecular weight is 302 g/mol. The Morgan fingerprint density at radius 1 is 1.32 bits per heavy atom. The van der Waals surface area contributed by atoms with Crippen molar-refractivity contribution in [3.63, 3.8) is 0 Å². The molecule has 1 aromatic rings. The Hall–Kier alpha value is -1.55. The van der Waals surface area contributed by atoms with E-state index in [0.29, 0.717) is 5.91 Å². The maximum absolute atomic E-state index is 13.1. The van der Waals surface area contributed by atoms with E-state index in [0.717, 1.165) is 38.2 Å². The molecule has 2 heterocycles. The van der Waals surface area contributed by atoms with Crippen molar-refractivity contribution in [2.45, 2.75) is 38.6 Å². The third kappa shape index (κ3) is 2.39. The van der Waals surface area contributed by atoms with Crippen LogP contribution in [0.5, 0.6) is 5.75 Å². The highest BCUT2D eigenvalue weighted by molar-refractivity contribution is 5.87. The molecule has 0 aliphatic carbocycles. The first-order valence-corrected chi connectivity index (χ1v) is 8.24. The number of nitrogens with zero attached hydrogens (tertiary/aromatic N) is 1. The quantitative estimate of drug-likeness (QED) is 0.932. The van der Waals surface area contributed by atoms with Crippen molar-refractivity contribution in [2.75, 3.05) is 26.7 Å². The minimum atomic E-state index is -0.267. The summed E-state index contributed by atoms with van der Waals surface area (Å²) < 4.78 is 5.26. The van der Waals surface area contributed by atoms with Crippen LogP contribution in [-0.2, 0) is 4.79 Å². The lowest BCUT2D eigenvalue weighted by molar-refractivity contribution is -0.138. The molecule has 1 spiro atoms. The molecule has 2 saturated heterocycles. The molecular weight excluding hydrogens is 276 g/mol. The fourth-order valence-corrected chi connectivity index (χ4v) is 4.00. The number of piperidine rings is 1. The molecule has 2 aliphatic rings. The Morgan fingerprint density at radius 3 is 2.59 bits per heavy atom. The smallest absolute Gasteiger partial charge is 0.231 e. The summed E-state index contributed by atoms with van der Waals surface area (Å²) in [6.45, 7) is 6.86. The third-order valence-electron chi connectivity index (χ3n) is 5.29. The van der Waals surface area contributed by atoms with Gasteiger partial charge in [-0.1, -0.05) is 12.1 Å². The lowest BCUT2D eigenvalue weighted by Gasteiger charge is -2.37. The van der Waals surface area contributed by atoms with Gasteiger partial charge in [0.2, 0.25) is 5.91 Å². The van der Waals surface area contributed by atoms with Crippen LogP contribution >= 0.6 is 0 Å². The molecule has 120 valence electrons. The van der Waals surface area contributed by atoms with Crippen molar-refractivity contribution >= 4 is 5.91 Å². The van der Waals surface area contributed by atoms with Crippen LogP contribution in [0.3, 0.4) is 0 Å².